The molecule has 2 aliphatic heterocycles. The van der Waals surface area contributed by atoms with E-state index >= 15 is 0 Å². The molecule has 3 heterocycles. The number of rotatable bonds is 7. The van der Waals surface area contributed by atoms with Gasteiger partial charge in [0.25, 0.3) is 0 Å². The lowest BCUT2D eigenvalue weighted by Crippen LogP contribution is -2.51. The van der Waals surface area contributed by atoms with Gasteiger partial charge in [-0.1, -0.05) is 6.07 Å². The molecule has 1 saturated heterocycles. The molecule has 0 saturated carbocycles. The highest BCUT2D eigenvalue weighted by molar-refractivity contribution is 7.10. The Morgan fingerprint density at radius 1 is 1.12 bits per heavy atom. The third kappa shape index (κ3) is 5.26. The number of amides is 2. The fourth-order valence-electron chi connectivity index (χ4n) is 4.16. The Morgan fingerprint density at radius 3 is 2.45 bits per heavy atom. The Labute approximate surface area is 197 Å². The number of ketones is 1. The summed E-state index contributed by atoms with van der Waals surface area (Å²) in [6.07, 6.45) is 0. The number of hydrogen-bond donors (Lipinski definition) is 2. The molecule has 0 bridgehead atoms. The SMILES string of the molecule is CCOC(=O)C1=C(CN2CCN(c3ccc(C(C)=O)cc3)CC2)NC(=O)N[C@H]1c1cccs1. The zero-order valence-electron chi connectivity index (χ0n) is 18.8. The van der Waals surface area contributed by atoms with Crippen LogP contribution in [-0.4, -0.2) is 62.0 Å². The number of carbonyl (C=O) groups is 3. The molecule has 2 N–H and O–H groups in total. The molecule has 0 aliphatic carbocycles. The summed E-state index contributed by atoms with van der Waals surface area (Å²) in [6.45, 7) is 7.24. The molecule has 2 aliphatic rings. The van der Waals surface area contributed by atoms with Crippen LogP contribution in [-0.2, 0) is 9.53 Å². The first-order valence-electron chi connectivity index (χ1n) is 11.1. The van der Waals surface area contributed by atoms with E-state index in [1.165, 1.54) is 11.3 Å². The van der Waals surface area contributed by atoms with Crippen molar-refractivity contribution < 1.29 is 19.1 Å². The van der Waals surface area contributed by atoms with Gasteiger partial charge in [0.2, 0.25) is 0 Å². The molecule has 174 valence electrons. The van der Waals surface area contributed by atoms with Gasteiger partial charge in [-0.05, 0) is 49.6 Å². The highest BCUT2D eigenvalue weighted by Crippen LogP contribution is 2.31. The monoisotopic (exact) mass is 468 g/mol. The number of anilines is 1. The fourth-order valence-corrected chi connectivity index (χ4v) is 4.94. The molecular weight excluding hydrogens is 440 g/mol. The minimum Gasteiger partial charge on any atom is -0.463 e. The van der Waals surface area contributed by atoms with Crippen LogP contribution in [0, 0.1) is 0 Å². The van der Waals surface area contributed by atoms with E-state index in [0.29, 0.717) is 23.4 Å². The van der Waals surface area contributed by atoms with E-state index in [-0.39, 0.29) is 18.4 Å². The molecule has 1 atom stereocenters. The number of nitrogens with zero attached hydrogens (tertiary/aromatic N) is 2. The van der Waals surface area contributed by atoms with E-state index in [1.54, 1.807) is 13.8 Å². The average molecular weight is 469 g/mol. The maximum absolute atomic E-state index is 12.9. The van der Waals surface area contributed by atoms with Crippen LogP contribution in [0.2, 0.25) is 0 Å². The summed E-state index contributed by atoms with van der Waals surface area (Å²) in [5.74, 6) is -0.357. The van der Waals surface area contributed by atoms with Gasteiger partial charge in [-0.15, -0.1) is 11.3 Å². The van der Waals surface area contributed by atoms with Crippen molar-refractivity contribution >= 4 is 34.8 Å². The predicted molar refractivity (Wildman–Crippen MR) is 127 cm³/mol. The molecule has 1 fully saturated rings. The molecule has 9 heteroatoms. The molecule has 0 spiro atoms. The largest absolute Gasteiger partial charge is 0.463 e. The first kappa shape index (κ1) is 23.0. The third-order valence-electron chi connectivity index (χ3n) is 5.87. The van der Waals surface area contributed by atoms with Crippen LogP contribution in [0.15, 0.2) is 53.0 Å². The van der Waals surface area contributed by atoms with E-state index in [9.17, 15) is 14.4 Å². The standard InChI is InChI=1S/C24H28N4O4S/c1-3-32-23(30)21-19(25-24(31)26-22(21)20-5-4-14-33-20)15-27-10-12-28(13-11-27)18-8-6-17(7-9-18)16(2)29/h4-9,14,22H,3,10-13,15H2,1-2H3,(H2,25,26,31)/t22-/m0/s1. The van der Waals surface area contributed by atoms with Gasteiger partial charge in [0.05, 0.1) is 18.2 Å². The zero-order chi connectivity index (χ0) is 23.4. The van der Waals surface area contributed by atoms with Gasteiger partial charge in [0.15, 0.2) is 5.78 Å². The minimum absolute atomic E-state index is 0.0573. The van der Waals surface area contributed by atoms with E-state index in [0.717, 1.165) is 36.7 Å². The van der Waals surface area contributed by atoms with Crippen molar-refractivity contribution in [1.29, 1.82) is 0 Å². The Bertz CT molecular complexity index is 1040. The first-order valence-corrected chi connectivity index (χ1v) is 11.9. The second kappa shape index (κ2) is 10.2. The highest BCUT2D eigenvalue weighted by Gasteiger charge is 2.35. The third-order valence-corrected chi connectivity index (χ3v) is 6.81. The van der Waals surface area contributed by atoms with Crippen LogP contribution in [0.3, 0.4) is 0 Å². The second-order valence-electron chi connectivity index (χ2n) is 8.03. The number of Topliss-reactive ketones (excluding diaryl/α,β-unsaturated/α-hetero) is 1. The van der Waals surface area contributed by atoms with Crippen molar-refractivity contribution in [3.8, 4) is 0 Å². The van der Waals surface area contributed by atoms with Gasteiger partial charge >= 0.3 is 12.0 Å². The normalized spacial score (nSPS) is 19.2. The van der Waals surface area contributed by atoms with Crippen LogP contribution >= 0.6 is 11.3 Å². The van der Waals surface area contributed by atoms with Crippen molar-refractivity contribution in [1.82, 2.24) is 15.5 Å². The summed E-state index contributed by atoms with van der Waals surface area (Å²) in [6, 6.07) is 10.6. The topological polar surface area (TPSA) is 91.0 Å². The van der Waals surface area contributed by atoms with Crippen LogP contribution in [0.4, 0.5) is 10.5 Å². The highest BCUT2D eigenvalue weighted by atomic mass is 32.1. The average Bonchev–Trinajstić information content (AvgIpc) is 3.34. The van der Waals surface area contributed by atoms with E-state index in [4.69, 9.17) is 4.74 Å². The summed E-state index contributed by atoms with van der Waals surface area (Å²) in [5, 5.41) is 7.64. The molecule has 0 radical (unpaired) electrons. The number of thiophene rings is 1. The minimum atomic E-state index is -0.520. The van der Waals surface area contributed by atoms with Gasteiger partial charge in [-0.3, -0.25) is 9.69 Å². The molecule has 1 aromatic carbocycles. The number of nitrogens with one attached hydrogen (secondary N) is 2. The number of benzene rings is 1. The maximum atomic E-state index is 12.9. The Balaban J connectivity index is 1.49. The van der Waals surface area contributed by atoms with Crippen LogP contribution in [0.5, 0.6) is 0 Å². The first-order chi connectivity index (χ1) is 16.0. The van der Waals surface area contributed by atoms with Crippen molar-refractivity contribution in [2.75, 3.05) is 44.2 Å². The quantitative estimate of drug-likeness (QED) is 0.480. The summed E-state index contributed by atoms with van der Waals surface area (Å²) in [4.78, 5) is 42.2. The van der Waals surface area contributed by atoms with Crippen molar-refractivity contribution in [3.63, 3.8) is 0 Å². The number of hydrogen-bond acceptors (Lipinski definition) is 7. The summed E-state index contributed by atoms with van der Waals surface area (Å²) < 4.78 is 5.33. The summed E-state index contributed by atoms with van der Waals surface area (Å²) in [7, 11) is 0. The van der Waals surface area contributed by atoms with E-state index < -0.39 is 12.0 Å². The molecule has 8 nitrogen and oxygen atoms in total. The van der Waals surface area contributed by atoms with Crippen molar-refractivity contribution in [2.24, 2.45) is 0 Å². The molecular formula is C24H28N4O4S. The number of urea groups is 1. The van der Waals surface area contributed by atoms with Gasteiger partial charge in [0.1, 0.15) is 0 Å². The van der Waals surface area contributed by atoms with Crippen molar-refractivity contribution in [2.45, 2.75) is 19.9 Å². The molecule has 2 aromatic rings. The Morgan fingerprint density at radius 2 is 1.85 bits per heavy atom. The maximum Gasteiger partial charge on any atom is 0.338 e. The number of esters is 1. The Hall–Kier alpha value is -3.17. The van der Waals surface area contributed by atoms with Gasteiger partial charge in [0, 0.05) is 54.5 Å². The number of carbonyl (C=O) groups excluding carboxylic acids is 3. The molecule has 0 unspecified atom stereocenters. The number of ether oxygens (including phenoxy) is 1. The zero-order valence-corrected chi connectivity index (χ0v) is 19.6. The molecule has 2 amide bonds. The van der Waals surface area contributed by atoms with Crippen LogP contribution in [0.25, 0.3) is 0 Å². The van der Waals surface area contributed by atoms with Crippen LogP contribution < -0.4 is 15.5 Å². The molecule has 4 rings (SSSR count). The molecule has 1 aromatic heterocycles. The molecule has 33 heavy (non-hydrogen) atoms. The van der Waals surface area contributed by atoms with Gasteiger partial charge in [-0.2, -0.15) is 0 Å². The fraction of sp³-hybridized carbons (Fsp3) is 0.375. The lowest BCUT2D eigenvalue weighted by atomic mass is 10.0. The second-order valence-corrected chi connectivity index (χ2v) is 9.01. The smallest absolute Gasteiger partial charge is 0.338 e. The van der Waals surface area contributed by atoms with Gasteiger partial charge in [-0.25, -0.2) is 9.59 Å². The lowest BCUT2D eigenvalue weighted by Gasteiger charge is -2.38. The van der Waals surface area contributed by atoms with Crippen LogP contribution in [0.1, 0.15) is 35.1 Å². The predicted octanol–water partition coefficient (Wildman–Crippen LogP) is 2.94. The van der Waals surface area contributed by atoms with Gasteiger partial charge < -0.3 is 20.3 Å². The number of piperazine rings is 1. The van der Waals surface area contributed by atoms with E-state index in [1.807, 2.05) is 41.8 Å². The van der Waals surface area contributed by atoms with Crippen molar-refractivity contribution in [3.05, 3.63) is 63.5 Å². The summed E-state index contributed by atoms with van der Waals surface area (Å²) >= 11 is 1.49. The Kier molecular flexibility index (Phi) is 7.10. The summed E-state index contributed by atoms with van der Waals surface area (Å²) in [5.41, 5.74) is 2.84. The van der Waals surface area contributed by atoms with E-state index in [2.05, 4.69) is 20.4 Å². The lowest BCUT2D eigenvalue weighted by molar-refractivity contribution is -0.139.